The van der Waals surface area contributed by atoms with Crippen molar-refractivity contribution in [3.63, 3.8) is 0 Å². The number of hydrogen-bond donors (Lipinski definition) is 2. The van der Waals surface area contributed by atoms with Gasteiger partial charge in [-0.25, -0.2) is 0 Å². The molecule has 27 heavy (non-hydrogen) atoms. The monoisotopic (exact) mass is 363 g/mol. The Morgan fingerprint density at radius 2 is 1.78 bits per heavy atom. The molecule has 3 N–H and O–H groups in total. The largest absolute Gasteiger partial charge is 0.508 e. The third-order valence-electron chi connectivity index (χ3n) is 4.80. The van der Waals surface area contributed by atoms with Gasteiger partial charge in [-0.2, -0.15) is 9.78 Å². The number of phenols is 1. The van der Waals surface area contributed by atoms with Crippen molar-refractivity contribution in [2.75, 3.05) is 23.7 Å². The number of phenolic OH excluding ortho intramolecular Hbond substituents is 1. The molecule has 1 aromatic carbocycles. The minimum atomic E-state index is -0.390. The van der Waals surface area contributed by atoms with Crippen molar-refractivity contribution in [3.8, 4) is 22.7 Å². The number of anilines is 2. The molecule has 0 radical (unpaired) electrons. The van der Waals surface area contributed by atoms with Crippen molar-refractivity contribution in [2.45, 2.75) is 19.3 Å². The second kappa shape index (κ2) is 7.11. The highest BCUT2D eigenvalue weighted by atomic mass is 16.3. The van der Waals surface area contributed by atoms with Crippen molar-refractivity contribution in [2.24, 2.45) is 0 Å². The lowest BCUT2D eigenvalue weighted by Gasteiger charge is -2.31. The van der Waals surface area contributed by atoms with E-state index in [0.29, 0.717) is 17.1 Å². The van der Waals surface area contributed by atoms with Gasteiger partial charge in [0.25, 0.3) is 5.56 Å². The molecule has 7 heteroatoms. The van der Waals surface area contributed by atoms with Crippen LogP contribution in [0.1, 0.15) is 19.3 Å². The molecule has 1 fully saturated rings. The van der Waals surface area contributed by atoms with E-state index in [-0.39, 0.29) is 17.0 Å². The molecule has 0 atom stereocenters. The summed E-state index contributed by atoms with van der Waals surface area (Å²) in [5.41, 5.74) is 8.74. The molecule has 0 amide bonds. The second-order valence-corrected chi connectivity index (χ2v) is 6.63. The number of aromatic hydroxyl groups is 1. The Morgan fingerprint density at radius 3 is 2.48 bits per heavy atom. The normalized spacial score (nSPS) is 14.3. The maximum absolute atomic E-state index is 13.0. The van der Waals surface area contributed by atoms with Crippen molar-refractivity contribution in [1.29, 1.82) is 0 Å². The quantitative estimate of drug-likeness (QED) is 0.742. The smallest absolute Gasteiger partial charge is 0.296 e. The van der Waals surface area contributed by atoms with E-state index in [9.17, 15) is 9.90 Å². The van der Waals surface area contributed by atoms with Crippen LogP contribution >= 0.6 is 0 Å². The first kappa shape index (κ1) is 17.1. The summed E-state index contributed by atoms with van der Waals surface area (Å²) in [4.78, 5) is 19.2. The van der Waals surface area contributed by atoms with Gasteiger partial charge in [-0.1, -0.05) is 6.07 Å². The zero-order valence-electron chi connectivity index (χ0n) is 14.9. The number of hydrogen-bond acceptors (Lipinski definition) is 6. The van der Waals surface area contributed by atoms with Crippen molar-refractivity contribution >= 4 is 11.4 Å². The van der Waals surface area contributed by atoms with E-state index in [1.165, 1.54) is 17.2 Å². The second-order valence-electron chi connectivity index (χ2n) is 6.63. The lowest BCUT2D eigenvalue weighted by molar-refractivity contribution is 0.474. The highest BCUT2D eigenvalue weighted by Crippen LogP contribution is 2.34. The molecule has 1 saturated heterocycles. The van der Waals surface area contributed by atoms with Crippen molar-refractivity contribution in [3.05, 3.63) is 59.1 Å². The summed E-state index contributed by atoms with van der Waals surface area (Å²) < 4.78 is 1.25. The number of piperidine rings is 1. The van der Waals surface area contributed by atoms with Gasteiger partial charge in [0, 0.05) is 37.1 Å². The number of aromatic nitrogens is 3. The zero-order valence-corrected chi connectivity index (χ0v) is 14.9. The number of pyridine rings is 1. The first-order valence-electron chi connectivity index (χ1n) is 9.03. The summed E-state index contributed by atoms with van der Waals surface area (Å²) in [6.45, 7) is 1.69. The van der Waals surface area contributed by atoms with Crippen LogP contribution in [-0.4, -0.2) is 33.0 Å². The molecule has 3 heterocycles. The number of benzene rings is 1. The molecule has 7 nitrogen and oxygen atoms in total. The Bertz CT molecular complexity index is 1010. The summed E-state index contributed by atoms with van der Waals surface area (Å²) in [6.07, 6.45) is 6.68. The van der Waals surface area contributed by atoms with Crippen LogP contribution in [0.4, 0.5) is 11.4 Å². The van der Waals surface area contributed by atoms with Crippen LogP contribution in [0.3, 0.4) is 0 Å². The van der Waals surface area contributed by atoms with Crippen molar-refractivity contribution in [1.82, 2.24) is 14.8 Å². The van der Waals surface area contributed by atoms with Gasteiger partial charge in [0.1, 0.15) is 17.1 Å². The fraction of sp³-hybridized carbons (Fsp3) is 0.250. The lowest BCUT2D eigenvalue weighted by atomic mass is 10.1. The average Bonchev–Trinajstić information content (AvgIpc) is 2.71. The Kier molecular flexibility index (Phi) is 4.50. The zero-order chi connectivity index (χ0) is 18.8. The molecule has 3 aromatic rings. The summed E-state index contributed by atoms with van der Waals surface area (Å²) in [7, 11) is 0. The SMILES string of the molecule is Nc1c(N2CCCCC2)c(-c2ccncc2)nn(-c2cccc(O)c2)c1=O. The van der Waals surface area contributed by atoms with Crippen LogP contribution in [-0.2, 0) is 0 Å². The summed E-state index contributed by atoms with van der Waals surface area (Å²) in [5.74, 6) is 0.0605. The maximum atomic E-state index is 13.0. The van der Waals surface area contributed by atoms with E-state index in [1.807, 2.05) is 12.1 Å². The van der Waals surface area contributed by atoms with Gasteiger partial charge in [-0.15, -0.1) is 0 Å². The minimum Gasteiger partial charge on any atom is -0.508 e. The van der Waals surface area contributed by atoms with E-state index in [0.717, 1.165) is 31.5 Å². The summed E-state index contributed by atoms with van der Waals surface area (Å²) in [6, 6.07) is 10.1. The number of nitrogens with two attached hydrogens (primary N) is 1. The first-order chi connectivity index (χ1) is 13.1. The Balaban J connectivity index is 1.96. The third-order valence-corrected chi connectivity index (χ3v) is 4.80. The highest BCUT2D eigenvalue weighted by molar-refractivity contribution is 5.83. The van der Waals surface area contributed by atoms with Gasteiger partial charge in [0.2, 0.25) is 0 Å². The fourth-order valence-electron chi connectivity index (χ4n) is 3.48. The lowest BCUT2D eigenvalue weighted by Crippen LogP contribution is -2.35. The van der Waals surface area contributed by atoms with Crippen molar-refractivity contribution < 1.29 is 5.11 Å². The van der Waals surface area contributed by atoms with E-state index < -0.39 is 0 Å². The van der Waals surface area contributed by atoms with E-state index in [4.69, 9.17) is 5.73 Å². The molecule has 1 aliphatic heterocycles. The van der Waals surface area contributed by atoms with Gasteiger partial charge in [0.15, 0.2) is 0 Å². The van der Waals surface area contributed by atoms with Crippen LogP contribution in [0.2, 0.25) is 0 Å². The molecular weight excluding hydrogens is 342 g/mol. The topological polar surface area (TPSA) is 97.3 Å². The van der Waals surface area contributed by atoms with Crippen LogP contribution < -0.4 is 16.2 Å². The number of nitrogen functional groups attached to an aromatic ring is 1. The standard InChI is InChI=1S/C20H21N5O2/c21-17-19(24-11-2-1-3-12-24)18(14-7-9-22-10-8-14)23-25(20(17)27)15-5-4-6-16(26)13-15/h4-10,13,26H,1-3,11-12,21H2. The molecule has 4 rings (SSSR count). The highest BCUT2D eigenvalue weighted by Gasteiger charge is 2.23. The maximum Gasteiger partial charge on any atom is 0.296 e. The van der Waals surface area contributed by atoms with E-state index in [2.05, 4.69) is 15.0 Å². The number of rotatable bonds is 3. The van der Waals surface area contributed by atoms with Gasteiger partial charge in [0.05, 0.1) is 11.4 Å². The van der Waals surface area contributed by atoms with Crippen LogP contribution in [0.5, 0.6) is 5.75 Å². The third kappa shape index (κ3) is 3.23. The molecular formula is C20H21N5O2. The van der Waals surface area contributed by atoms with E-state index >= 15 is 0 Å². The Hall–Kier alpha value is -3.35. The molecule has 0 aliphatic carbocycles. The summed E-state index contributed by atoms with van der Waals surface area (Å²) in [5, 5.41) is 14.4. The molecule has 0 unspecified atom stereocenters. The van der Waals surface area contributed by atoms with Crippen LogP contribution in [0, 0.1) is 0 Å². The van der Waals surface area contributed by atoms with Gasteiger partial charge < -0.3 is 15.7 Å². The first-order valence-corrected chi connectivity index (χ1v) is 9.03. The average molecular weight is 363 g/mol. The predicted molar refractivity (Wildman–Crippen MR) is 105 cm³/mol. The van der Waals surface area contributed by atoms with E-state index in [1.54, 1.807) is 30.6 Å². The van der Waals surface area contributed by atoms with Gasteiger partial charge >= 0.3 is 0 Å². The fourth-order valence-corrected chi connectivity index (χ4v) is 3.48. The Morgan fingerprint density at radius 1 is 1.04 bits per heavy atom. The minimum absolute atomic E-state index is 0.0605. The molecule has 138 valence electrons. The summed E-state index contributed by atoms with van der Waals surface area (Å²) >= 11 is 0. The van der Waals surface area contributed by atoms with Crippen LogP contribution in [0.25, 0.3) is 16.9 Å². The number of nitrogens with zero attached hydrogens (tertiary/aromatic N) is 4. The van der Waals surface area contributed by atoms with Gasteiger partial charge in [-0.3, -0.25) is 9.78 Å². The molecule has 0 spiro atoms. The van der Waals surface area contributed by atoms with Gasteiger partial charge in [-0.05, 0) is 43.5 Å². The molecule has 0 bridgehead atoms. The molecule has 2 aromatic heterocycles. The van der Waals surface area contributed by atoms with Crippen LogP contribution in [0.15, 0.2) is 53.6 Å². The Labute approximate surface area is 156 Å². The molecule has 0 saturated carbocycles. The molecule has 1 aliphatic rings. The predicted octanol–water partition coefficient (Wildman–Crippen LogP) is 2.57.